The van der Waals surface area contributed by atoms with E-state index in [0.717, 1.165) is 0 Å². The maximum Gasteiger partial charge on any atom is 0.341 e. The molecule has 0 aliphatic rings. The molecule has 1 N–H and O–H groups in total. The van der Waals surface area contributed by atoms with Gasteiger partial charge in [-0.05, 0) is 23.8 Å². The highest BCUT2D eigenvalue weighted by atomic mass is 32.2. The molecule has 0 aliphatic carbocycles. The number of sulfone groups is 1. The molecule has 0 spiro atoms. The first-order valence-electron chi connectivity index (χ1n) is 6.12. The molecule has 2 aromatic rings. The molecule has 2 rings (SSSR count). The minimum absolute atomic E-state index is 0.125. The number of ether oxygens (including phenoxy) is 1. The van der Waals surface area contributed by atoms with Gasteiger partial charge in [-0.15, -0.1) is 0 Å². The van der Waals surface area contributed by atoms with E-state index < -0.39 is 21.6 Å². The van der Waals surface area contributed by atoms with Gasteiger partial charge in [-0.1, -0.05) is 30.3 Å². The second-order valence-electron chi connectivity index (χ2n) is 4.37. The summed E-state index contributed by atoms with van der Waals surface area (Å²) in [6.45, 7) is 0. The van der Waals surface area contributed by atoms with Crippen LogP contribution in [0.25, 0.3) is 0 Å². The number of aromatic hydroxyl groups is 1. The van der Waals surface area contributed by atoms with Crippen LogP contribution in [0.3, 0.4) is 0 Å². The minimum atomic E-state index is -3.61. The predicted molar refractivity (Wildman–Crippen MR) is 76.8 cm³/mol. The lowest BCUT2D eigenvalue weighted by Crippen LogP contribution is -2.11. The Morgan fingerprint density at radius 1 is 1.10 bits per heavy atom. The van der Waals surface area contributed by atoms with E-state index in [0.29, 0.717) is 0 Å². The van der Waals surface area contributed by atoms with E-state index in [9.17, 15) is 18.3 Å². The van der Waals surface area contributed by atoms with Crippen LogP contribution in [0.1, 0.15) is 15.9 Å². The molecule has 0 heterocycles. The van der Waals surface area contributed by atoms with Gasteiger partial charge >= 0.3 is 5.97 Å². The summed E-state index contributed by atoms with van der Waals surface area (Å²) in [7, 11) is -2.44. The average molecular weight is 306 g/mol. The Bertz CT molecular complexity index is 751. The van der Waals surface area contributed by atoms with Crippen LogP contribution in [-0.2, 0) is 20.3 Å². The molecule has 0 saturated heterocycles. The number of rotatable bonds is 4. The van der Waals surface area contributed by atoms with E-state index in [1.807, 2.05) is 0 Å². The number of hydrogen-bond acceptors (Lipinski definition) is 5. The number of methoxy groups -OCH3 is 1. The molecule has 0 fully saturated rings. The van der Waals surface area contributed by atoms with Gasteiger partial charge < -0.3 is 9.84 Å². The zero-order valence-corrected chi connectivity index (χ0v) is 12.1. The summed E-state index contributed by atoms with van der Waals surface area (Å²) in [5.41, 5.74) is 0.0743. The summed E-state index contributed by atoms with van der Waals surface area (Å²) in [6.07, 6.45) is 0. The molecule has 0 radical (unpaired) electrons. The molecular weight excluding hydrogens is 292 g/mol. The van der Waals surface area contributed by atoms with E-state index in [-0.39, 0.29) is 21.8 Å². The van der Waals surface area contributed by atoms with Crippen molar-refractivity contribution in [3.8, 4) is 5.75 Å². The monoisotopic (exact) mass is 306 g/mol. The third-order valence-corrected chi connectivity index (χ3v) is 4.65. The summed E-state index contributed by atoms with van der Waals surface area (Å²) in [5, 5.41) is 9.76. The number of esters is 1. The fraction of sp³-hybridized carbons (Fsp3) is 0.133. The first kappa shape index (κ1) is 15.1. The maximum absolute atomic E-state index is 12.3. The molecule has 0 saturated carbocycles. The molecular formula is C15H14O5S. The molecule has 6 heteroatoms. The molecule has 21 heavy (non-hydrogen) atoms. The third kappa shape index (κ3) is 3.22. The zero-order chi connectivity index (χ0) is 15.5. The van der Waals surface area contributed by atoms with Crippen LogP contribution in [0.2, 0.25) is 0 Å². The Kier molecular flexibility index (Phi) is 4.28. The van der Waals surface area contributed by atoms with Crippen LogP contribution in [0, 0.1) is 0 Å². The standard InChI is InChI=1S/C15H14O5S/c1-20-15(17)14-11(6-5-9-13(14)16)10-21(18,19)12-7-3-2-4-8-12/h2-9,16H,10H2,1H3. The van der Waals surface area contributed by atoms with Gasteiger partial charge in [0.1, 0.15) is 11.3 Å². The minimum Gasteiger partial charge on any atom is -0.507 e. The van der Waals surface area contributed by atoms with E-state index in [1.54, 1.807) is 18.2 Å². The quantitative estimate of drug-likeness (QED) is 0.875. The van der Waals surface area contributed by atoms with Crippen molar-refractivity contribution in [2.24, 2.45) is 0 Å². The van der Waals surface area contributed by atoms with Crippen LogP contribution in [-0.4, -0.2) is 26.6 Å². The van der Waals surface area contributed by atoms with Crippen LogP contribution >= 0.6 is 0 Å². The second-order valence-corrected chi connectivity index (χ2v) is 6.36. The van der Waals surface area contributed by atoms with E-state index in [1.165, 1.54) is 37.4 Å². The lowest BCUT2D eigenvalue weighted by atomic mass is 10.1. The molecule has 0 bridgehead atoms. The Morgan fingerprint density at radius 2 is 1.76 bits per heavy atom. The highest BCUT2D eigenvalue weighted by Crippen LogP contribution is 2.25. The Balaban J connectivity index is 2.45. The Hall–Kier alpha value is -2.34. The van der Waals surface area contributed by atoms with Gasteiger partial charge in [-0.25, -0.2) is 13.2 Å². The highest BCUT2D eigenvalue weighted by molar-refractivity contribution is 7.90. The normalized spacial score (nSPS) is 11.1. The molecule has 0 amide bonds. The van der Waals surface area contributed by atoms with E-state index in [2.05, 4.69) is 4.74 Å². The third-order valence-electron chi connectivity index (χ3n) is 2.97. The molecule has 110 valence electrons. The Morgan fingerprint density at radius 3 is 2.38 bits per heavy atom. The number of carbonyl (C=O) groups excluding carboxylic acids is 1. The van der Waals surface area contributed by atoms with Crippen molar-refractivity contribution in [1.82, 2.24) is 0 Å². The first-order chi connectivity index (χ1) is 9.95. The summed E-state index contributed by atoms with van der Waals surface area (Å²) in [5.74, 6) is -1.47. The van der Waals surface area contributed by atoms with Crippen LogP contribution < -0.4 is 0 Å². The summed E-state index contributed by atoms with van der Waals surface area (Å²) in [6, 6.07) is 12.2. The van der Waals surface area contributed by atoms with Crippen LogP contribution in [0.15, 0.2) is 53.4 Å². The van der Waals surface area contributed by atoms with Gasteiger partial charge in [0, 0.05) is 0 Å². The number of benzene rings is 2. The second kappa shape index (κ2) is 5.97. The largest absolute Gasteiger partial charge is 0.507 e. The molecule has 0 aromatic heterocycles. The maximum atomic E-state index is 12.3. The predicted octanol–water partition coefficient (Wildman–Crippen LogP) is 2.15. The van der Waals surface area contributed by atoms with E-state index in [4.69, 9.17) is 0 Å². The van der Waals surface area contributed by atoms with E-state index >= 15 is 0 Å². The van der Waals surface area contributed by atoms with Crippen LogP contribution in [0.5, 0.6) is 5.75 Å². The van der Waals surface area contributed by atoms with Gasteiger partial charge in [-0.3, -0.25) is 0 Å². The highest BCUT2D eigenvalue weighted by Gasteiger charge is 2.22. The van der Waals surface area contributed by atoms with Gasteiger partial charge in [0.2, 0.25) is 0 Å². The molecule has 5 nitrogen and oxygen atoms in total. The molecule has 0 atom stereocenters. The van der Waals surface area contributed by atoms with Crippen molar-refractivity contribution in [2.75, 3.05) is 7.11 Å². The van der Waals surface area contributed by atoms with Gasteiger partial charge in [-0.2, -0.15) is 0 Å². The van der Waals surface area contributed by atoms with Crippen molar-refractivity contribution >= 4 is 15.8 Å². The van der Waals surface area contributed by atoms with Crippen molar-refractivity contribution in [3.63, 3.8) is 0 Å². The zero-order valence-electron chi connectivity index (χ0n) is 11.3. The van der Waals surface area contributed by atoms with Gasteiger partial charge in [0.25, 0.3) is 0 Å². The number of hydrogen-bond donors (Lipinski definition) is 1. The van der Waals surface area contributed by atoms with Gasteiger partial charge in [0.05, 0.1) is 17.8 Å². The van der Waals surface area contributed by atoms with Gasteiger partial charge in [0.15, 0.2) is 9.84 Å². The summed E-state index contributed by atoms with van der Waals surface area (Å²) < 4.78 is 29.3. The molecule has 0 aliphatic heterocycles. The fourth-order valence-electron chi connectivity index (χ4n) is 1.96. The lowest BCUT2D eigenvalue weighted by Gasteiger charge is -2.10. The van der Waals surface area contributed by atoms with Crippen molar-refractivity contribution < 1.29 is 23.1 Å². The number of phenols is 1. The van der Waals surface area contributed by atoms with Crippen molar-refractivity contribution in [1.29, 1.82) is 0 Å². The molecule has 0 unspecified atom stereocenters. The first-order valence-corrected chi connectivity index (χ1v) is 7.78. The summed E-state index contributed by atoms with van der Waals surface area (Å²) >= 11 is 0. The smallest absolute Gasteiger partial charge is 0.341 e. The lowest BCUT2D eigenvalue weighted by molar-refractivity contribution is 0.0596. The number of carbonyl (C=O) groups is 1. The molecule has 2 aromatic carbocycles. The summed E-state index contributed by atoms with van der Waals surface area (Å²) in [4.78, 5) is 11.9. The number of phenolic OH excluding ortho intramolecular Hbond substituents is 1. The fourth-order valence-corrected chi connectivity index (χ4v) is 3.35. The average Bonchev–Trinajstić information content (AvgIpc) is 2.47. The SMILES string of the molecule is COC(=O)c1c(O)cccc1CS(=O)(=O)c1ccccc1. The van der Waals surface area contributed by atoms with Crippen molar-refractivity contribution in [3.05, 3.63) is 59.7 Å². The van der Waals surface area contributed by atoms with Crippen molar-refractivity contribution in [2.45, 2.75) is 10.6 Å². The topological polar surface area (TPSA) is 80.7 Å². The Labute approximate surface area is 122 Å². The van der Waals surface area contributed by atoms with Crippen LogP contribution in [0.4, 0.5) is 0 Å².